The Balaban J connectivity index is 3.44. The van der Waals surface area contributed by atoms with Crippen molar-refractivity contribution in [1.29, 1.82) is 0 Å². The highest BCUT2D eigenvalue weighted by atomic mass is 28.3. The highest BCUT2D eigenvalue weighted by molar-refractivity contribution is 6.69. The Bertz CT molecular complexity index is 102. The minimum absolute atomic E-state index is 0.502. The summed E-state index contributed by atoms with van der Waals surface area (Å²) in [6, 6.07) is 0.569. The molecule has 1 radical (unpaired) electrons. The second-order valence-corrected chi connectivity index (χ2v) is 4.84. The average molecular weight is 154 g/mol. The summed E-state index contributed by atoms with van der Waals surface area (Å²) in [5, 5.41) is 3.35. The van der Waals surface area contributed by atoms with E-state index in [-0.39, 0.29) is 0 Å². The normalized spacial score (nSPS) is 10.4. The van der Waals surface area contributed by atoms with Crippen molar-refractivity contribution in [1.82, 2.24) is 5.32 Å². The lowest BCUT2D eigenvalue weighted by molar-refractivity contribution is 0.648. The first-order valence-electron chi connectivity index (χ1n) is 3.54. The third-order valence-corrected chi connectivity index (χ3v) is 2.90. The lowest BCUT2D eigenvalue weighted by atomic mass is 10.4. The first kappa shape index (κ1) is 9.66. The molecule has 0 aromatic carbocycles. The van der Waals surface area contributed by atoms with E-state index in [1.54, 1.807) is 0 Å². The Kier molecular flexibility index (Phi) is 5.26. The maximum absolute atomic E-state index is 3.74. The van der Waals surface area contributed by atoms with Crippen LogP contribution in [0.1, 0.15) is 13.8 Å². The van der Waals surface area contributed by atoms with Crippen molar-refractivity contribution >= 4 is 8.80 Å². The minimum atomic E-state index is -0.502. The van der Waals surface area contributed by atoms with Crippen molar-refractivity contribution in [3.63, 3.8) is 0 Å². The molecule has 2 heteroatoms. The van der Waals surface area contributed by atoms with Gasteiger partial charge in [-0.3, -0.25) is 0 Å². The topological polar surface area (TPSA) is 12.0 Å². The van der Waals surface area contributed by atoms with Crippen molar-refractivity contribution < 1.29 is 0 Å². The monoisotopic (exact) mass is 154 g/mol. The molecule has 0 spiro atoms. The van der Waals surface area contributed by atoms with Gasteiger partial charge in [-0.2, -0.15) is 0 Å². The van der Waals surface area contributed by atoms with Crippen LogP contribution in [0.3, 0.4) is 0 Å². The van der Waals surface area contributed by atoms with E-state index < -0.39 is 8.80 Å². The molecular formula is C8H16NSi. The highest BCUT2D eigenvalue weighted by Crippen LogP contribution is 1.84. The molecule has 0 atom stereocenters. The minimum Gasteiger partial charge on any atom is -0.317 e. The van der Waals surface area contributed by atoms with Gasteiger partial charge in [0.15, 0.2) is 0 Å². The summed E-state index contributed by atoms with van der Waals surface area (Å²) < 4.78 is 0. The van der Waals surface area contributed by atoms with E-state index in [1.165, 1.54) is 0 Å². The van der Waals surface area contributed by atoms with Crippen molar-refractivity contribution in [3.8, 4) is 0 Å². The largest absolute Gasteiger partial charge is 0.317 e. The molecule has 0 rings (SSSR count). The molecule has 0 fully saturated rings. The van der Waals surface area contributed by atoms with Gasteiger partial charge in [0, 0.05) is 6.04 Å². The van der Waals surface area contributed by atoms with Gasteiger partial charge in [0.1, 0.15) is 8.80 Å². The predicted molar refractivity (Wildman–Crippen MR) is 49.3 cm³/mol. The van der Waals surface area contributed by atoms with Gasteiger partial charge >= 0.3 is 0 Å². The second-order valence-electron chi connectivity index (χ2n) is 2.52. The molecule has 0 aromatic heterocycles. The van der Waals surface area contributed by atoms with Crippen LogP contribution in [0.5, 0.6) is 0 Å². The number of hydrogen-bond donors (Lipinski definition) is 1. The van der Waals surface area contributed by atoms with E-state index in [4.69, 9.17) is 0 Å². The Morgan fingerprint density at radius 2 is 1.90 bits per heavy atom. The maximum atomic E-state index is 3.74. The molecule has 0 aromatic rings. The van der Waals surface area contributed by atoms with Crippen LogP contribution in [0.2, 0.25) is 0 Å². The van der Waals surface area contributed by atoms with Crippen LogP contribution in [-0.4, -0.2) is 21.0 Å². The van der Waals surface area contributed by atoms with Crippen LogP contribution < -0.4 is 5.32 Å². The van der Waals surface area contributed by atoms with E-state index in [9.17, 15) is 0 Å². The second kappa shape index (κ2) is 5.44. The van der Waals surface area contributed by atoms with E-state index in [2.05, 4.69) is 32.3 Å². The third-order valence-electron chi connectivity index (χ3n) is 1.24. The van der Waals surface area contributed by atoms with E-state index in [1.807, 2.05) is 11.4 Å². The van der Waals surface area contributed by atoms with Gasteiger partial charge in [-0.1, -0.05) is 25.2 Å². The standard InChI is InChI=1S/C8H16NSi/c1-5-10(6-2)7-9-8(3)4/h5-6,8-9H,1-2,7H2,3-4H3. The molecule has 10 heavy (non-hydrogen) atoms. The third kappa shape index (κ3) is 4.53. The smallest absolute Gasteiger partial charge is 0.117 e. The highest BCUT2D eigenvalue weighted by Gasteiger charge is 2.00. The van der Waals surface area contributed by atoms with E-state index in [0.29, 0.717) is 6.04 Å². The summed E-state index contributed by atoms with van der Waals surface area (Å²) in [5.74, 6) is 0. The van der Waals surface area contributed by atoms with Gasteiger partial charge in [0.05, 0.1) is 0 Å². The average Bonchev–Trinajstić information content (AvgIpc) is 1.90. The van der Waals surface area contributed by atoms with Crippen LogP contribution in [0.25, 0.3) is 0 Å². The van der Waals surface area contributed by atoms with Gasteiger partial charge in [0.2, 0.25) is 0 Å². The van der Waals surface area contributed by atoms with E-state index >= 15 is 0 Å². The molecule has 1 N–H and O–H groups in total. The van der Waals surface area contributed by atoms with Crippen molar-refractivity contribution in [2.75, 3.05) is 6.17 Å². The Hall–Kier alpha value is -0.343. The fraction of sp³-hybridized carbons (Fsp3) is 0.500. The van der Waals surface area contributed by atoms with Gasteiger partial charge in [-0.15, -0.1) is 13.2 Å². The molecule has 0 aliphatic carbocycles. The molecule has 0 heterocycles. The molecule has 0 saturated carbocycles. The van der Waals surface area contributed by atoms with Gasteiger partial charge in [-0.05, 0) is 6.17 Å². The summed E-state index contributed by atoms with van der Waals surface area (Å²) in [7, 11) is -0.502. The zero-order valence-electron chi connectivity index (χ0n) is 6.85. The van der Waals surface area contributed by atoms with Crippen LogP contribution in [0.4, 0.5) is 0 Å². The molecule has 0 saturated heterocycles. The first-order valence-corrected chi connectivity index (χ1v) is 5.41. The molecule has 0 bridgehead atoms. The quantitative estimate of drug-likeness (QED) is 0.591. The summed E-state index contributed by atoms with van der Waals surface area (Å²) in [6.07, 6.45) is 1.05. The summed E-state index contributed by atoms with van der Waals surface area (Å²) >= 11 is 0. The molecule has 0 aliphatic rings. The Morgan fingerprint density at radius 1 is 1.40 bits per heavy atom. The van der Waals surface area contributed by atoms with Crippen LogP contribution in [-0.2, 0) is 0 Å². The number of rotatable bonds is 5. The van der Waals surface area contributed by atoms with Crippen molar-refractivity contribution in [3.05, 3.63) is 24.6 Å². The number of hydrogen-bond acceptors (Lipinski definition) is 1. The molecule has 1 nitrogen and oxygen atoms in total. The van der Waals surface area contributed by atoms with Gasteiger partial charge in [0.25, 0.3) is 0 Å². The lowest BCUT2D eigenvalue weighted by Gasteiger charge is -2.09. The Labute approximate surface area is 65.4 Å². The van der Waals surface area contributed by atoms with Crippen LogP contribution in [0, 0.1) is 0 Å². The van der Waals surface area contributed by atoms with Crippen molar-refractivity contribution in [2.45, 2.75) is 19.9 Å². The molecule has 0 aliphatic heterocycles. The predicted octanol–water partition coefficient (Wildman–Crippen LogP) is 1.47. The van der Waals surface area contributed by atoms with Gasteiger partial charge < -0.3 is 5.32 Å². The van der Waals surface area contributed by atoms with E-state index in [0.717, 1.165) is 6.17 Å². The number of nitrogens with one attached hydrogen (secondary N) is 1. The SMILES string of the molecule is C=C[Si](C=C)CNC(C)C. The molecule has 57 valence electrons. The summed E-state index contributed by atoms with van der Waals surface area (Å²) in [5.41, 5.74) is 4.01. The molecule has 0 amide bonds. The summed E-state index contributed by atoms with van der Waals surface area (Å²) in [4.78, 5) is 0. The van der Waals surface area contributed by atoms with Gasteiger partial charge in [-0.25, -0.2) is 0 Å². The lowest BCUT2D eigenvalue weighted by Crippen LogP contribution is -2.32. The molecule has 0 unspecified atom stereocenters. The summed E-state index contributed by atoms with van der Waals surface area (Å²) in [6.45, 7) is 11.8. The Morgan fingerprint density at radius 3 is 2.20 bits per heavy atom. The molecular weight excluding hydrogens is 138 g/mol. The van der Waals surface area contributed by atoms with Crippen LogP contribution >= 0.6 is 0 Å². The fourth-order valence-corrected chi connectivity index (χ4v) is 1.65. The van der Waals surface area contributed by atoms with Crippen LogP contribution in [0.15, 0.2) is 24.6 Å². The maximum Gasteiger partial charge on any atom is 0.117 e. The zero-order chi connectivity index (χ0) is 7.98. The zero-order valence-corrected chi connectivity index (χ0v) is 7.85. The van der Waals surface area contributed by atoms with Crippen molar-refractivity contribution in [2.24, 2.45) is 0 Å². The first-order chi connectivity index (χ1) is 4.70. The fourth-order valence-electron chi connectivity index (χ4n) is 0.550.